The number of rotatable bonds is 9. The predicted molar refractivity (Wildman–Crippen MR) is 141 cm³/mol. The molecular formula is C28H25BrN2O5. The van der Waals surface area contributed by atoms with Crippen LogP contribution in [0.1, 0.15) is 39.5 Å². The number of aryl methyl sites for hydroxylation is 2. The molecule has 0 aliphatic rings. The minimum Gasteiger partial charge on any atom is -0.490 e. The van der Waals surface area contributed by atoms with Crippen molar-refractivity contribution in [2.75, 3.05) is 11.9 Å². The topological polar surface area (TPSA) is 109 Å². The van der Waals surface area contributed by atoms with Crippen molar-refractivity contribution in [1.29, 1.82) is 5.26 Å². The summed E-state index contributed by atoms with van der Waals surface area (Å²) in [6, 6.07) is 17.5. The van der Waals surface area contributed by atoms with Gasteiger partial charge in [0, 0.05) is 5.69 Å². The van der Waals surface area contributed by atoms with Crippen LogP contribution < -0.4 is 14.8 Å². The van der Waals surface area contributed by atoms with E-state index in [9.17, 15) is 14.9 Å². The van der Waals surface area contributed by atoms with Gasteiger partial charge in [0.25, 0.3) is 5.91 Å². The van der Waals surface area contributed by atoms with Gasteiger partial charge in [-0.2, -0.15) is 5.26 Å². The summed E-state index contributed by atoms with van der Waals surface area (Å²) in [5.41, 5.74) is 4.05. The molecule has 1 amide bonds. The molecule has 0 saturated carbocycles. The number of carboxylic acids is 1. The summed E-state index contributed by atoms with van der Waals surface area (Å²) in [5, 5.41) is 21.5. The van der Waals surface area contributed by atoms with Gasteiger partial charge in [0.1, 0.15) is 18.2 Å². The summed E-state index contributed by atoms with van der Waals surface area (Å²) in [6.07, 6.45) is 1.49. The maximum Gasteiger partial charge on any atom is 0.335 e. The molecule has 7 nitrogen and oxygen atoms in total. The van der Waals surface area contributed by atoms with Crippen LogP contribution in [0.3, 0.4) is 0 Å². The summed E-state index contributed by atoms with van der Waals surface area (Å²) in [6.45, 7) is 6.22. The maximum atomic E-state index is 12.8. The van der Waals surface area contributed by atoms with Crippen LogP contribution in [0.4, 0.5) is 5.69 Å². The zero-order valence-corrected chi connectivity index (χ0v) is 21.7. The minimum absolute atomic E-state index is 0.0579. The fourth-order valence-corrected chi connectivity index (χ4v) is 3.92. The molecule has 8 heteroatoms. The SMILES string of the molecule is CCOc1cc(/C=C(\C#N)C(=O)Nc2cc(C)ccc2C)cc(Br)c1OCc1ccc(C(=O)O)cc1. The van der Waals surface area contributed by atoms with Crippen molar-refractivity contribution in [2.45, 2.75) is 27.4 Å². The van der Waals surface area contributed by atoms with Crippen molar-refractivity contribution in [1.82, 2.24) is 0 Å². The van der Waals surface area contributed by atoms with Crippen LogP contribution in [0.25, 0.3) is 6.08 Å². The van der Waals surface area contributed by atoms with Crippen LogP contribution >= 0.6 is 15.9 Å². The van der Waals surface area contributed by atoms with Crippen molar-refractivity contribution in [3.8, 4) is 17.6 Å². The highest BCUT2D eigenvalue weighted by molar-refractivity contribution is 9.10. The molecule has 0 unspecified atom stereocenters. The van der Waals surface area contributed by atoms with E-state index < -0.39 is 11.9 Å². The molecule has 0 aliphatic carbocycles. The third-order valence-electron chi connectivity index (χ3n) is 5.23. The van der Waals surface area contributed by atoms with Gasteiger partial charge in [-0.3, -0.25) is 4.79 Å². The summed E-state index contributed by atoms with van der Waals surface area (Å²) in [7, 11) is 0. The molecule has 0 heterocycles. The number of carbonyl (C=O) groups excluding carboxylic acids is 1. The first kappa shape index (κ1) is 26.5. The zero-order chi connectivity index (χ0) is 26.2. The van der Waals surface area contributed by atoms with Gasteiger partial charge in [0.15, 0.2) is 11.5 Å². The Labute approximate surface area is 218 Å². The number of benzene rings is 3. The Balaban J connectivity index is 1.84. The molecule has 0 radical (unpaired) electrons. The highest BCUT2D eigenvalue weighted by atomic mass is 79.9. The van der Waals surface area contributed by atoms with Gasteiger partial charge in [0.05, 0.1) is 16.6 Å². The first-order chi connectivity index (χ1) is 17.2. The van der Waals surface area contributed by atoms with Crippen molar-refractivity contribution < 1.29 is 24.2 Å². The number of carboxylic acid groups (broad SMARTS) is 1. The molecule has 0 atom stereocenters. The normalized spacial score (nSPS) is 10.9. The second kappa shape index (κ2) is 12.0. The van der Waals surface area contributed by atoms with Crippen molar-refractivity contribution >= 4 is 39.6 Å². The molecule has 0 saturated heterocycles. The van der Waals surface area contributed by atoms with Gasteiger partial charge in [-0.15, -0.1) is 0 Å². The number of amides is 1. The van der Waals surface area contributed by atoms with Gasteiger partial charge in [-0.05, 0) is 95.4 Å². The maximum absolute atomic E-state index is 12.8. The van der Waals surface area contributed by atoms with Crippen molar-refractivity contribution in [2.24, 2.45) is 0 Å². The Kier molecular flexibility index (Phi) is 8.87. The number of nitriles is 1. The Morgan fingerprint density at radius 3 is 2.44 bits per heavy atom. The summed E-state index contributed by atoms with van der Waals surface area (Å²) >= 11 is 3.50. The lowest BCUT2D eigenvalue weighted by atomic mass is 10.1. The van der Waals surface area contributed by atoms with E-state index >= 15 is 0 Å². The van der Waals surface area contributed by atoms with Crippen LogP contribution in [0.15, 0.2) is 64.6 Å². The Morgan fingerprint density at radius 2 is 1.81 bits per heavy atom. The first-order valence-electron chi connectivity index (χ1n) is 11.1. The molecule has 0 spiro atoms. The third-order valence-corrected chi connectivity index (χ3v) is 5.82. The Bertz CT molecular complexity index is 1360. The average molecular weight is 549 g/mol. The molecule has 36 heavy (non-hydrogen) atoms. The fourth-order valence-electron chi connectivity index (χ4n) is 3.35. The number of hydrogen-bond acceptors (Lipinski definition) is 5. The number of anilines is 1. The summed E-state index contributed by atoms with van der Waals surface area (Å²) < 4.78 is 12.3. The molecule has 2 N–H and O–H groups in total. The molecule has 0 aliphatic heterocycles. The number of nitrogens with zero attached hydrogens (tertiary/aromatic N) is 1. The van der Waals surface area contributed by atoms with Crippen LogP contribution in [-0.2, 0) is 11.4 Å². The molecule has 0 bridgehead atoms. The average Bonchev–Trinajstić information content (AvgIpc) is 2.84. The van der Waals surface area contributed by atoms with Crippen LogP contribution in [0.5, 0.6) is 11.5 Å². The molecule has 0 fully saturated rings. The lowest BCUT2D eigenvalue weighted by molar-refractivity contribution is -0.112. The monoisotopic (exact) mass is 548 g/mol. The minimum atomic E-state index is -0.994. The molecule has 184 valence electrons. The predicted octanol–water partition coefficient (Wildman–Crippen LogP) is 6.29. The smallest absolute Gasteiger partial charge is 0.335 e. The van der Waals surface area contributed by atoms with E-state index in [-0.39, 0.29) is 17.7 Å². The summed E-state index contributed by atoms with van der Waals surface area (Å²) in [4.78, 5) is 23.8. The number of nitrogens with one attached hydrogen (secondary N) is 1. The third kappa shape index (κ3) is 6.74. The standard InChI is InChI=1S/C28H25BrN2O5/c1-4-35-25-14-20(12-22(15-30)27(32)31-24-11-17(2)5-6-18(24)3)13-23(29)26(25)36-16-19-7-9-21(10-8-19)28(33)34/h5-14H,4,16H2,1-3H3,(H,31,32)(H,33,34)/b22-12+. The Hall–Kier alpha value is -4.09. The first-order valence-corrected chi connectivity index (χ1v) is 11.9. The van der Waals surface area contributed by atoms with Gasteiger partial charge in [-0.25, -0.2) is 4.79 Å². The zero-order valence-electron chi connectivity index (χ0n) is 20.1. The highest BCUT2D eigenvalue weighted by Gasteiger charge is 2.15. The second-order valence-electron chi connectivity index (χ2n) is 8.00. The Morgan fingerprint density at radius 1 is 1.08 bits per heavy atom. The van der Waals surface area contributed by atoms with Gasteiger partial charge in [-0.1, -0.05) is 24.3 Å². The van der Waals surface area contributed by atoms with Crippen LogP contribution in [0, 0.1) is 25.2 Å². The quantitative estimate of drug-likeness (QED) is 0.240. The van der Waals surface area contributed by atoms with E-state index in [0.717, 1.165) is 16.7 Å². The van der Waals surface area contributed by atoms with E-state index in [0.29, 0.717) is 33.8 Å². The fraction of sp³-hybridized carbons (Fsp3) is 0.179. The number of carbonyl (C=O) groups is 2. The van der Waals surface area contributed by atoms with Crippen molar-refractivity contribution in [3.63, 3.8) is 0 Å². The van der Waals surface area contributed by atoms with E-state index in [4.69, 9.17) is 14.6 Å². The van der Waals surface area contributed by atoms with E-state index in [2.05, 4.69) is 21.2 Å². The van der Waals surface area contributed by atoms with E-state index in [1.54, 1.807) is 24.3 Å². The van der Waals surface area contributed by atoms with Crippen molar-refractivity contribution in [3.05, 3.63) is 92.5 Å². The largest absolute Gasteiger partial charge is 0.490 e. The second-order valence-corrected chi connectivity index (χ2v) is 8.85. The van der Waals surface area contributed by atoms with Gasteiger partial charge < -0.3 is 19.9 Å². The number of ether oxygens (including phenoxy) is 2. The van der Waals surface area contributed by atoms with E-state index in [1.165, 1.54) is 18.2 Å². The highest BCUT2D eigenvalue weighted by Crippen LogP contribution is 2.38. The summed E-state index contributed by atoms with van der Waals surface area (Å²) in [5.74, 6) is -0.612. The molecule has 3 aromatic rings. The number of aromatic carboxylic acids is 1. The van der Waals surface area contributed by atoms with Crippen LogP contribution in [0.2, 0.25) is 0 Å². The molecule has 0 aromatic heterocycles. The van der Waals surface area contributed by atoms with Crippen LogP contribution in [-0.4, -0.2) is 23.6 Å². The number of hydrogen-bond donors (Lipinski definition) is 2. The molecule has 3 aromatic carbocycles. The van der Waals surface area contributed by atoms with E-state index in [1.807, 2.05) is 45.0 Å². The lowest BCUT2D eigenvalue weighted by Crippen LogP contribution is -2.14. The van der Waals surface area contributed by atoms with Gasteiger partial charge in [0.2, 0.25) is 0 Å². The van der Waals surface area contributed by atoms with Gasteiger partial charge >= 0.3 is 5.97 Å². The molecular weight excluding hydrogens is 524 g/mol. The lowest BCUT2D eigenvalue weighted by Gasteiger charge is -2.15. The molecule has 3 rings (SSSR count). The number of halogens is 1.